The minimum atomic E-state index is -0.498. The van der Waals surface area contributed by atoms with Crippen LogP contribution in [0, 0.1) is 0 Å². The molecule has 0 spiro atoms. The van der Waals surface area contributed by atoms with Crippen LogP contribution in [0.15, 0.2) is 0 Å². The fraction of sp³-hybridized carbons (Fsp3) is 0.818. The molecule has 6 heteroatoms. The summed E-state index contributed by atoms with van der Waals surface area (Å²) >= 11 is 0. The van der Waals surface area contributed by atoms with E-state index in [4.69, 9.17) is 4.74 Å². The van der Waals surface area contributed by atoms with E-state index in [-0.39, 0.29) is 11.9 Å². The summed E-state index contributed by atoms with van der Waals surface area (Å²) in [6.45, 7) is 4.33. The minimum Gasteiger partial charge on any atom is -0.383 e. The Hall–Kier alpha value is -1.14. The zero-order chi connectivity index (χ0) is 13.3. The highest BCUT2D eigenvalue weighted by Crippen LogP contribution is 1.99. The van der Waals surface area contributed by atoms with Crippen LogP contribution in [0.3, 0.4) is 0 Å². The van der Waals surface area contributed by atoms with Gasteiger partial charge in [0, 0.05) is 20.2 Å². The number of ether oxygens (including phenoxy) is 1. The summed E-state index contributed by atoms with van der Waals surface area (Å²) in [5, 5.41) is 7.69. The number of methoxy groups -OCH3 is 1. The Bertz CT molecular complexity index is 240. The number of carbonyl (C=O) groups excluding carboxylic acids is 2. The summed E-state index contributed by atoms with van der Waals surface area (Å²) < 4.78 is 5.07. The monoisotopic (exact) mass is 245 g/mol. The molecule has 0 aromatic rings. The number of rotatable bonds is 7. The molecule has 3 amide bonds. The largest absolute Gasteiger partial charge is 0.383 e. The summed E-state index contributed by atoms with van der Waals surface area (Å²) in [5.74, 6) is -0.346. The van der Waals surface area contributed by atoms with Gasteiger partial charge in [-0.2, -0.15) is 0 Å². The van der Waals surface area contributed by atoms with Crippen LogP contribution in [0.25, 0.3) is 0 Å². The van der Waals surface area contributed by atoms with Gasteiger partial charge in [0.1, 0.15) is 0 Å². The predicted octanol–water partition coefficient (Wildman–Crippen LogP) is 0.235. The lowest BCUT2D eigenvalue weighted by Gasteiger charge is -2.21. The van der Waals surface area contributed by atoms with Crippen molar-refractivity contribution in [2.45, 2.75) is 38.8 Å². The van der Waals surface area contributed by atoms with Gasteiger partial charge in [-0.15, -0.1) is 0 Å². The fourth-order valence-electron chi connectivity index (χ4n) is 1.48. The van der Waals surface area contributed by atoms with Crippen LogP contribution in [0.5, 0.6) is 0 Å². The van der Waals surface area contributed by atoms with Gasteiger partial charge in [0.2, 0.25) is 5.91 Å². The maximum Gasteiger partial charge on any atom is 0.321 e. The van der Waals surface area contributed by atoms with E-state index in [0.29, 0.717) is 6.61 Å². The first-order valence-electron chi connectivity index (χ1n) is 5.82. The van der Waals surface area contributed by atoms with Gasteiger partial charge in [-0.1, -0.05) is 13.3 Å². The Morgan fingerprint density at radius 3 is 2.47 bits per heavy atom. The van der Waals surface area contributed by atoms with Crippen LogP contribution < -0.4 is 16.0 Å². The normalized spacial score (nSPS) is 13.9. The van der Waals surface area contributed by atoms with Gasteiger partial charge in [-0.05, 0) is 13.3 Å². The van der Waals surface area contributed by atoms with E-state index >= 15 is 0 Å². The van der Waals surface area contributed by atoms with Crippen LogP contribution in [0.4, 0.5) is 4.79 Å². The predicted molar refractivity (Wildman–Crippen MR) is 65.8 cm³/mol. The number of amides is 3. The first kappa shape index (κ1) is 15.9. The molecule has 0 aromatic heterocycles. The van der Waals surface area contributed by atoms with Crippen molar-refractivity contribution in [1.82, 2.24) is 16.0 Å². The number of carbonyl (C=O) groups is 2. The van der Waals surface area contributed by atoms with Gasteiger partial charge in [0.25, 0.3) is 0 Å². The van der Waals surface area contributed by atoms with Crippen molar-refractivity contribution in [3.63, 3.8) is 0 Å². The SMILES string of the molecule is CCCC(COC)NC(C)C(=O)NC(=O)NC. The zero-order valence-electron chi connectivity index (χ0n) is 11.0. The van der Waals surface area contributed by atoms with Crippen LogP contribution in [-0.4, -0.2) is 44.8 Å². The quantitative estimate of drug-likeness (QED) is 0.600. The fourth-order valence-corrected chi connectivity index (χ4v) is 1.48. The lowest BCUT2D eigenvalue weighted by molar-refractivity contribution is -0.121. The van der Waals surface area contributed by atoms with Gasteiger partial charge >= 0.3 is 6.03 Å². The number of urea groups is 1. The summed E-state index contributed by atoms with van der Waals surface area (Å²) in [4.78, 5) is 22.5. The van der Waals surface area contributed by atoms with Crippen LogP contribution in [0.1, 0.15) is 26.7 Å². The van der Waals surface area contributed by atoms with Gasteiger partial charge < -0.3 is 15.4 Å². The van der Waals surface area contributed by atoms with Crippen molar-refractivity contribution in [2.75, 3.05) is 20.8 Å². The van der Waals surface area contributed by atoms with E-state index in [2.05, 4.69) is 22.9 Å². The Balaban J connectivity index is 4.14. The lowest BCUT2D eigenvalue weighted by atomic mass is 10.1. The second kappa shape index (κ2) is 8.95. The smallest absolute Gasteiger partial charge is 0.321 e. The molecule has 0 aliphatic heterocycles. The molecule has 2 atom stereocenters. The molecular formula is C11H23N3O3. The van der Waals surface area contributed by atoms with Crippen molar-refractivity contribution < 1.29 is 14.3 Å². The first-order chi connectivity index (χ1) is 8.04. The second-order valence-corrected chi connectivity index (χ2v) is 3.90. The summed E-state index contributed by atoms with van der Waals surface area (Å²) in [6, 6.07) is -0.808. The van der Waals surface area contributed by atoms with Crippen molar-refractivity contribution in [2.24, 2.45) is 0 Å². The van der Waals surface area contributed by atoms with E-state index in [1.165, 1.54) is 7.05 Å². The Morgan fingerprint density at radius 1 is 1.35 bits per heavy atom. The number of nitrogens with one attached hydrogen (secondary N) is 3. The maximum atomic E-state index is 11.6. The molecule has 0 fully saturated rings. The van der Waals surface area contributed by atoms with E-state index < -0.39 is 12.1 Å². The third-order valence-corrected chi connectivity index (χ3v) is 2.35. The second-order valence-electron chi connectivity index (χ2n) is 3.90. The van der Waals surface area contributed by atoms with Crippen LogP contribution >= 0.6 is 0 Å². The van der Waals surface area contributed by atoms with Crippen LogP contribution in [-0.2, 0) is 9.53 Å². The van der Waals surface area contributed by atoms with Gasteiger partial charge in [-0.3, -0.25) is 10.1 Å². The van der Waals surface area contributed by atoms with Crippen molar-refractivity contribution >= 4 is 11.9 Å². The maximum absolute atomic E-state index is 11.6. The van der Waals surface area contributed by atoms with Crippen molar-refractivity contribution in [1.29, 1.82) is 0 Å². The topological polar surface area (TPSA) is 79.5 Å². The first-order valence-corrected chi connectivity index (χ1v) is 5.82. The van der Waals surface area contributed by atoms with E-state index in [1.807, 2.05) is 0 Å². The average Bonchev–Trinajstić information content (AvgIpc) is 2.29. The summed E-state index contributed by atoms with van der Waals surface area (Å²) in [6.07, 6.45) is 1.93. The number of hydrogen-bond acceptors (Lipinski definition) is 4. The lowest BCUT2D eigenvalue weighted by Crippen LogP contribution is -2.50. The van der Waals surface area contributed by atoms with Crippen molar-refractivity contribution in [3.05, 3.63) is 0 Å². The molecule has 0 saturated heterocycles. The summed E-state index contributed by atoms with van der Waals surface area (Å²) in [5.41, 5.74) is 0. The Morgan fingerprint density at radius 2 is 2.00 bits per heavy atom. The molecule has 0 aliphatic rings. The Kier molecular flexibility index (Phi) is 8.35. The highest BCUT2D eigenvalue weighted by molar-refractivity contribution is 5.96. The van der Waals surface area contributed by atoms with Gasteiger partial charge in [-0.25, -0.2) is 4.79 Å². The molecule has 0 bridgehead atoms. The average molecular weight is 245 g/mol. The molecule has 2 unspecified atom stereocenters. The number of imide groups is 1. The van der Waals surface area contributed by atoms with Gasteiger partial charge in [0.05, 0.1) is 12.6 Å². The minimum absolute atomic E-state index is 0.121. The van der Waals surface area contributed by atoms with Gasteiger partial charge in [0.15, 0.2) is 0 Å². The number of hydrogen-bond donors (Lipinski definition) is 3. The molecule has 17 heavy (non-hydrogen) atoms. The van der Waals surface area contributed by atoms with E-state index in [0.717, 1.165) is 12.8 Å². The molecule has 0 heterocycles. The molecule has 0 radical (unpaired) electrons. The van der Waals surface area contributed by atoms with E-state index in [9.17, 15) is 9.59 Å². The highest BCUT2D eigenvalue weighted by atomic mass is 16.5. The molecule has 0 rings (SSSR count). The standard InChI is InChI=1S/C11H23N3O3/c1-5-6-9(7-17-4)13-8(2)10(15)14-11(16)12-3/h8-9,13H,5-7H2,1-4H3,(H2,12,14,15,16). The molecule has 100 valence electrons. The third-order valence-electron chi connectivity index (χ3n) is 2.35. The third kappa shape index (κ3) is 6.91. The molecule has 3 N–H and O–H groups in total. The molecular weight excluding hydrogens is 222 g/mol. The Labute approximate surface area is 102 Å². The molecule has 0 aromatic carbocycles. The zero-order valence-corrected chi connectivity index (χ0v) is 11.0. The summed E-state index contributed by atoms with van der Waals surface area (Å²) in [7, 11) is 3.09. The molecule has 6 nitrogen and oxygen atoms in total. The molecule has 0 aliphatic carbocycles. The highest BCUT2D eigenvalue weighted by Gasteiger charge is 2.18. The molecule has 0 saturated carbocycles. The van der Waals surface area contributed by atoms with Crippen LogP contribution in [0.2, 0.25) is 0 Å². The van der Waals surface area contributed by atoms with E-state index in [1.54, 1.807) is 14.0 Å². The van der Waals surface area contributed by atoms with Crippen molar-refractivity contribution in [3.8, 4) is 0 Å².